The highest BCUT2D eigenvalue weighted by molar-refractivity contribution is 5.95. The minimum atomic E-state index is -4.56. The number of aromatic nitrogens is 2. The van der Waals surface area contributed by atoms with Crippen molar-refractivity contribution in [1.82, 2.24) is 20.4 Å². The molecule has 2 amide bonds. The summed E-state index contributed by atoms with van der Waals surface area (Å²) in [6.07, 6.45) is 1.51. The molecule has 2 aliphatic rings. The maximum Gasteiger partial charge on any atom is 0.416 e. The van der Waals surface area contributed by atoms with Crippen molar-refractivity contribution in [3.8, 4) is 11.3 Å². The monoisotopic (exact) mass is 502 g/mol. The number of rotatable bonds is 6. The van der Waals surface area contributed by atoms with Gasteiger partial charge in [0.15, 0.2) is 0 Å². The van der Waals surface area contributed by atoms with E-state index in [1.54, 1.807) is 6.20 Å². The Balaban J connectivity index is 0.000000169. The van der Waals surface area contributed by atoms with Crippen LogP contribution in [0.4, 0.5) is 17.6 Å². The molecule has 0 bridgehead atoms. The zero-order valence-corrected chi connectivity index (χ0v) is 19.4. The number of benzene rings is 2. The van der Waals surface area contributed by atoms with Gasteiger partial charge in [-0.15, -0.1) is 0 Å². The number of carbonyl (C=O) groups is 2. The standard InChI is InChI=1S/C14H15N3O.C12H11F4NO/c18-14(17-8-1-2-9-17)12-5-3-4-11(10-12)13-6-7-15-16-13;13-10-5-8(12(14,15)16)3-4-9(10)11(17-6-18)7-1-2-7/h3-7,10H,1-2,8-9H2,(H,15,16);3-7,11H,1-2H2,(H,17,18). The van der Waals surface area contributed by atoms with E-state index in [9.17, 15) is 27.2 Å². The van der Waals surface area contributed by atoms with Crippen LogP contribution < -0.4 is 5.32 Å². The van der Waals surface area contributed by atoms with Crippen molar-refractivity contribution in [2.45, 2.75) is 37.9 Å². The lowest BCUT2D eigenvalue weighted by atomic mass is 10.00. The van der Waals surface area contributed by atoms with E-state index in [1.807, 2.05) is 35.2 Å². The number of hydrogen-bond acceptors (Lipinski definition) is 3. The van der Waals surface area contributed by atoms with Crippen LogP contribution in [0, 0.1) is 11.7 Å². The van der Waals surface area contributed by atoms with Crippen molar-refractivity contribution in [3.63, 3.8) is 0 Å². The first-order valence-electron chi connectivity index (χ1n) is 11.7. The predicted molar refractivity (Wildman–Crippen MR) is 125 cm³/mol. The van der Waals surface area contributed by atoms with Crippen molar-refractivity contribution in [2.75, 3.05) is 13.1 Å². The van der Waals surface area contributed by atoms with E-state index in [2.05, 4.69) is 15.5 Å². The van der Waals surface area contributed by atoms with Crippen molar-refractivity contribution in [1.29, 1.82) is 0 Å². The second-order valence-corrected chi connectivity index (χ2v) is 8.88. The molecular formula is C26H26F4N4O2. The Labute approximate surface area is 205 Å². The van der Waals surface area contributed by atoms with E-state index in [4.69, 9.17) is 0 Å². The Morgan fingerprint density at radius 3 is 2.44 bits per heavy atom. The maximum atomic E-state index is 13.7. The number of nitrogens with one attached hydrogen (secondary N) is 2. The van der Waals surface area contributed by atoms with E-state index in [-0.39, 0.29) is 17.4 Å². The molecule has 2 fully saturated rings. The molecule has 36 heavy (non-hydrogen) atoms. The Bertz CT molecular complexity index is 1190. The average Bonchev–Trinajstić information content (AvgIpc) is 3.31. The molecule has 1 saturated carbocycles. The molecule has 2 heterocycles. The van der Waals surface area contributed by atoms with E-state index in [0.29, 0.717) is 12.5 Å². The summed E-state index contributed by atoms with van der Waals surface area (Å²) in [7, 11) is 0. The summed E-state index contributed by atoms with van der Waals surface area (Å²) in [6, 6.07) is 11.5. The number of alkyl halides is 3. The molecule has 5 rings (SSSR count). The van der Waals surface area contributed by atoms with Gasteiger partial charge < -0.3 is 10.2 Å². The second-order valence-electron chi connectivity index (χ2n) is 8.88. The number of likely N-dealkylation sites (tertiary alicyclic amines) is 1. The summed E-state index contributed by atoms with van der Waals surface area (Å²) in [5.74, 6) is -0.689. The summed E-state index contributed by atoms with van der Waals surface area (Å²) in [4.78, 5) is 24.6. The molecule has 1 unspecified atom stereocenters. The van der Waals surface area contributed by atoms with Gasteiger partial charge in [-0.1, -0.05) is 18.2 Å². The molecular weight excluding hydrogens is 476 g/mol. The smallest absolute Gasteiger partial charge is 0.351 e. The van der Waals surface area contributed by atoms with Gasteiger partial charge in [0.25, 0.3) is 5.91 Å². The Kier molecular flexibility index (Phi) is 7.71. The molecule has 1 aliphatic carbocycles. The number of hydrogen-bond donors (Lipinski definition) is 2. The van der Waals surface area contributed by atoms with Crippen molar-refractivity contribution in [2.24, 2.45) is 5.92 Å². The zero-order chi connectivity index (χ0) is 25.7. The number of halogens is 4. The van der Waals surface area contributed by atoms with Crippen molar-refractivity contribution in [3.05, 3.63) is 77.2 Å². The first-order valence-corrected chi connectivity index (χ1v) is 11.7. The van der Waals surface area contributed by atoms with Gasteiger partial charge in [-0.2, -0.15) is 18.3 Å². The molecule has 2 aromatic carbocycles. The third-order valence-electron chi connectivity index (χ3n) is 6.32. The summed E-state index contributed by atoms with van der Waals surface area (Å²) in [5, 5.41) is 9.30. The molecule has 6 nitrogen and oxygen atoms in total. The predicted octanol–water partition coefficient (Wildman–Crippen LogP) is 5.35. The van der Waals surface area contributed by atoms with Crippen LogP contribution >= 0.6 is 0 Å². The minimum Gasteiger partial charge on any atom is -0.351 e. The Morgan fingerprint density at radius 1 is 1.11 bits per heavy atom. The van der Waals surface area contributed by atoms with Gasteiger partial charge in [0.05, 0.1) is 17.3 Å². The van der Waals surface area contributed by atoms with Gasteiger partial charge in [-0.3, -0.25) is 14.7 Å². The lowest BCUT2D eigenvalue weighted by molar-refractivity contribution is -0.137. The highest BCUT2D eigenvalue weighted by atomic mass is 19.4. The van der Waals surface area contributed by atoms with E-state index in [0.717, 1.165) is 67.7 Å². The third kappa shape index (κ3) is 6.10. The van der Waals surface area contributed by atoms with Crippen LogP contribution in [0.5, 0.6) is 0 Å². The van der Waals surface area contributed by atoms with Crippen LogP contribution in [0.3, 0.4) is 0 Å². The minimum absolute atomic E-state index is 0.109. The highest BCUT2D eigenvalue weighted by Crippen LogP contribution is 2.42. The quantitative estimate of drug-likeness (QED) is 0.352. The lowest BCUT2D eigenvalue weighted by Gasteiger charge is -2.17. The molecule has 0 spiro atoms. The number of H-pyrrole nitrogens is 1. The van der Waals surface area contributed by atoms with Crippen LogP contribution in [0.15, 0.2) is 54.7 Å². The summed E-state index contributed by atoms with van der Waals surface area (Å²) < 4.78 is 50.8. The summed E-state index contributed by atoms with van der Waals surface area (Å²) in [5.41, 5.74) is 1.77. The van der Waals surface area contributed by atoms with E-state index < -0.39 is 23.6 Å². The van der Waals surface area contributed by atoms with Crippen LogP contribution in [0.1, 0.15) is 53.2 Å². The summed E-state index contributed by atoms with van der Waals surface area (Å²) in [6.45, 7) is 1.76. The van der Waals surface area contributed by atoms with Gasteiger partial charge in [-0.25, -0.2) is 4.39 Å². The molecule has 190 valence electrons. The first kappa shape index (κ1) is 25.4. The fourth-order valence-electron chi connectivity index (χ4n) is 4.28. The molecule has 1 atom stereocenters. The van der Waals surface area contributed by atoms with Crippen molar-refractivity contribution >= 4 is 12.3 Å². The molecule has 3 aromatic rings. The first-order chi connectivity index (χ1) is 17.3. The largest absolute Gasteiger partial charge is 0.416 e. The normalized spacial score (nSPS) is 16.2. The Hall–Kier alpha value is -3.69. The number of aromatic amines is 1. The fourth-order valence-corrected chi connectivity index (χ4v) is 4.28. The topological polar surface area (TPSA) is 78.1 Å². The molecule has 1 aromatic heterocycles. The molecule has 1 saturated heterocycles. The maximum absolute atomic E-state index is 13.7. The number of amides is 2. The van der Waals surface area contributed by atoms with Crippen LogP contribution in [0.2, 0.25) is 0 Å². The Morgan fingerprint density at radius 2 is 1.86 bits per heavy atom. The van der Waals surface area contributed by atoms with Gasteiger partial charge in [0, 0.05) is 36.0 Å². The van der Waals surface area contributed by atoms with Gasteiger partial charge in [0.2, 0.25) is 6.41 Å². The number of nitrogens with zero attached hydrogens (tertiary/aromatic N) is 2. The fraction of sp³-hybridized carbons (Fsp3) is 0.346. The highest BCUT2D eigenvalue weighted by Gasteiger charge is 2.36. The average molecular weight is 503 g/mol. The molecule has 10 heteroatoms. The lowest BCUT2D eigenvalue weighted by Crippen LogP contribution is -2.27. The van der Waals surface area contributed by atoms with Gasteiger partial charge in [-0.05, 0) is 61.9 Å². The van der Waals surface area contributed by atoms with Crippen LogP contribution in [-0.2, 0) is 11.0 Å². The zero-order valence-electron chi connectivity index (χ0n) is 19.4. The number of carbonyl (C=O) groups excluding carboxylic acids is 2. The second kappa shape index (κ2) is 10.9. The summed E-state index contributed by atoms with van der Waals surface area (Å²) >= 11 is 0. The molecule has 2 N–H and O–H groups in total. The molecule has 1 aliphatic heterocycles. The van der Waals surface area contributed by atoms with E-state index >= 15 is 0 Å². The van der Waals surface area contributed by atoms with Gasteiger partial charge in [0.1, 0.15) is 5.82 Å². The van der Waals surface area contributed by atoms with Crippen LogP contribution in [-0.4, -0.2) is 40.5 Å². The van der Waals surface area contributed by atoms with Gasteiger partial charge >= 0.3 is 6.18 Å². The van der Waals surface area contributed by atoms with Crippen molar-refractivity contribution < 1.29 is 27.2 Å². The molecule has 0 radical (unpaired) electrons. The SMILES string of the molecule is O=C(c1cccc(-c2ccn[nH]2)c1)N1CCCC1.O=CNC(c1ccc(C(F)(F)F)cc1F)C1CC1. The van der Waals surface area contributed by atoms with E-state index in [1.165, 1.54) is 0 Å². The van der Waals surface area contributed by atoms with Crippen LogP contribution in [0.25, 0.3) is 11.3 Å². The third-order valence-corrected chi connectivity index (χ3v) is 6.32.